The van der Waals surface area contributed by atoms with Crippen LogP contribution in [0.1, 0.15) is 41.0 Å². The summed E-state index contributed by atoms with van der Waals surface area (Å²) in [5.41, 5.74) is 2.09. The van der Waals surface area contributed by atoms with Gasteiger partial charge in [-0.15, -0.1) is 0 Å². The van der Waals surface area contributed by atoms with E-state index in [4.69, 9.17) is 0 Å². The SMILES string of the molecule is CCc1ccnc(C(=O)N2CC(O)CC2c2cccc(F)c2)c1. The first kappa shape index (κ1) is 15.6. The fourth-order valence-electron chi connectivity index (χ4n) is 3.03. The highest BCUT2D eigenvalue weighted by Gasteiger charge is 2.36. The Labute approximate surface area is 134 Å². The zero-order valence-corrected chi connectivity index (χ0v) is 12.9. The highest BCUT2D eigenvalue weighted by atomic mass is 19.1. The van der Waals surface area contributed by atoms with Gasteiger partial charge in [-0.2, -0.15) is 0 Å². The first-order valence-corrected chi connectivity index (χ1v) is 7.78. The van der Waals surface area contributed by atoms with Crippen molar-refractivity contribution < 1.29 is 14.3 Å². The standard InChI is InChI=1S/C18H19FN2O2/c1-2-12-6-7-20-16(8-12)18(23)21-11-15(22)10-17(21)13-4-3-5-14(19)9-13/h3-9,15,17,22H,2,10-11H2,1H3. The molecule has 2 unspecified atom stereocenters. The third-order valence-corrected chi connectivity index (χ3v) is 4.23. The predicted octanol–water partition coefficient (Wildman–Crippen LogP) is 2.73. The molecule has 1 aliphatic heterocycles. The number of aryl methyl sites for hydroxylation is 1. The van der Waals surface area contributed by atoms with Crippen molar-refractivity contribution in [2.75, 3.05) is 6.54 Å². The minimum atomic E-state index is -0.610. The van der Waals surface area contributed by atoms with Gasteiger partial charge < -0.3 is 10.0 Å². The quantitative estimate of drug-likeness (QED) is 0.948. The normalized spacial score (nSPS) is 20.7. The highest BCUT2D eigenvalue weighted by Crippen LogP contribution is 2.33. The zero-order chi connectivity index (χ0) is 16.4. The number of amides is 1. The molecule has 0 aliphatic carbocycles. The van der Waals surface area contributed by atoms with Crippen LogP contribution in [0.25, 0.3) is 0 Å². The third-order valence-electron chi connectivity index (χ3n) is 4.23. The molecule has 1 saturated heterocycles. The number of pyridine rings is 1. The fourth-order valence-corrected chi connectivity index (χ4v) is 3.03. The maximum atomic E-state index is 13.5. The Morgan fingerprint density at radius 2 is 2.22 bits per heavy atom. The molecule has 0 spiro atoms. The molecule has 1 fully saturated rings. The minimum Gasteiger partial charge on any atom is -0.391 e. The molecule has 0 saturated carbocycles. The van der Waals surface area contributed by atoms with Gasteiger partial charge in [-0.1, -0.05) is 19.1 Å². The number of likely N-dealkylation sites (tertiary alicyclic amines) is 1. The predicted molar refractivity (Wildman–Crippen MR) is 84.4 cm³/mol. The summed E-state index contributed by atoms with van der Waals surface area (Å²) in [4.78, 5) is 18.5. The Balaban J connectivity index is 1.91. The smallest absolute Gasteiger partial charge is 0.273 e. The maximum Gasteiger partial charge on any atom is 0.273 e. The van der Waals surface area contributed by atoms with Gasteiger partial charge in [0.15, 0.2) is 0 Å². The van der Waals surface area contributed by atoms with Gasteiger partial charge in [-0.3, -0.25) is 9.78 Å². The Morgan fingerprint density at radius 1 is 1.39 bits per heavy atom. The van der Waals surface area contributed by atoms with Gasteiger partial charge in [0.25, 0.3) is 5.91 Å². The summed E-state index contributed by atoms with van der Waals surface area (Å²) in [6.45, 7) is 2.25. The number of aromatic nitrogens is 1. The summed E-state index contributed by atoms with van der Waals surface area (Å²) in [5, 5.41) is 9.99. The molecule has 1 aromatic heterocycles. The van der Waals surface area contributed by atoms with Crippen molar-refractivity contribution in [2.24, 2.45) is 0 Å². The number of nitrogens with zero attached hydrogens (tertiary/aromatic N) is 2. The molecule has 2 atom stereocenters. The van der Waals surface area contributed by atoms with Crippen LogP contribution in [0.2, 0.25) is 0 Å². The first-order valence-electron chi connectivity index (χ1n) is 7.78. The number of β-amino-alcohol motifs (C(OH)–C–C–N with tert-alkyl or cyclic N) is 1. The Bertz CT molecular complexity index is 720. The lowest BCUT2D eigenvalue weighted by Gasteiger charge is -2.24. The molecule has 3 rings (SSSR count). The summed E-state index contributed by atoms with van der Waals surface area (Å²) in [7, 11) is 0. The van der Waals surface area contributed by atoms with Crippen LogP contribution in [0.4, 0.5) is 4.39 Å². The van der Waals surface area contributed by atoms with Gasteiger partial charge >= 0.3 is 0 Å². The highest BCUT2D eigenvalue weighted by molar-refractivity contribution is 5.93. The number of benzene rings is 1. The van der Waals surface area contributed by atoms with Gasteiger partial charge in [0.1, 0.15) is 11.5 Å². The summed E-state index contributed by atoms with van der Waals surface area (Å²) in [6, 6.07) is 9.50. The molecule has 2 aromatic rings. The van der Waals surface area contributed by atoms with Gasteiger partial charge in [0, 0.05) is 12.7 Å². The molecule has 120 valence electrons. The van der Waals surface area contributed by atoms with Crippen molar-refractivity contribution in [2.45, 2.75) is 31.9 Å². The molecular formula is C18H19FN2O2. The lowest BCUT2D eigenvalue weighted by atomic mass is 10.0. The third kappa shape index (κ3) is 3.24. The average Bonchev–Trinajstić information content (AvgIpc) is 2.96. The van der Waals surface area contributed by atoms with E-state index < -0.39 is 6.10 Å². The second-order valence-corrected chi connectivity index (χ2v) is 5.82. The number of hydrogen-bond acceptors (Lipinski definition) is 3. The fraction of sp³-hybridized carbons (Fsp3) is 0.333. The molecule has 2 heterocycles. The lowest BCUT2D eigenvalue weighted by molar-refractivity contribution is 0.0709. The van der Waals surface area contributed by atoms with Gasteiger partial charge in [-0.25, -0.2) is 4.39 Å². The maximum absolute atomic E-state index is 13.5. The summed E-state index contributed by atoms with van der Waals surface area (Å²) in [6.07, 6.45) is 2.23. The van der Waals surface area contributed by atoms with Gasteiger partial charge in [0.2, 0.25) is 0 Å². The van der Waals surface area contributed by atoms with E-state index in [-0.39, 0.29) is 24.3 Å². The van der Waals surface area contributed by atoms with E-state index in [1.54, 1.807) is 29.3 Å². The Hall–Kier alpha value is -2.27. The van der Waals surface area contributed by atoms with Crippen molar-refractivity contribution in [1.82, 2.24) is 9.88 Å². The van der Waals surface area contributed by atoms with Gasteiger partial charge in [-0.05, 0) is 48.2 Å². The van der Waals surface area contributed by atoms with E-state index in [1.807, 2.05) is 13.0 Å². The van der Waals surface area contributed by atoms with Crippen LogP contribution in [0.5, 0.6) is 0 Å². The van der Waals surface area contributed by atoms with E-state index >= 15 is 0 Å². The summed E-state index contributed by atoms with van der Waals surface area (Å²) >= 11 is 0. The molecule has 0 bridgehead atoms. The van der Waals surface area contributed by atoms with E-state index in [9.17, 15) is 14.3 Å². The van der Waals surface area contributed by atoms with Crippen molar-refractivity contribution in [1.29, 1.82) is 0 Å². The van der Waals surface area contributed by atoms with Crippen LogP contribution in [0, 0.1) is 5.82 Å². The molecule has 23 heavy (non-hydrogen) atoms. The number of rotatable bonds is 3. The number of halogens is 1. The van der Waals surface area contributed by atoms with E-state index in [0.29, 0.717) is 17.7 Å². The van der Waals surface area contributed by atoms with Crippen molar-refractivity contribution in [3.63, 3.8) is 0 Å². The summed E-state index contributed by atoms with van der Waals surface area (Å²) < 4.78 is 13.5. The van der Waals surface area contributed by atoms with Crippen LogP contribution in [-0.2, 0) is 6.42 Å². The van der Waals surface area contributed by atoms with Crippen molar-refractivity contribution >= 4 is 5.91 Å². The number of aliphatic hydroxyl groups excluding tert-OH is 1. The molecule has 1 aliphatic rings. The molecule has 4 nitrogen and oxygen atoms in total. The second kappa shape index (κ2) is 6.46. The molecular weight excluding hydrogens is 295 g/mol. The Morgan fingerprint density at radius 3 is 2.96 bits per heavy atom. The van der Waals surface area contributed by atoms with Crippen LogP contribution in [0.15, 0.2) is 42.6 Å². The Kier molecular flexibility index (Phi) is 4.39. The van der Waals surface area contributed by atoms with Gasteiger partial charge in [0.05, 0.1) is 12.1 Å². The monoisotopic (exact) mass is 314 g/mol. The number of carbonyl (C=O) groups excluding carboxylic acids is 1. The number of aliphatic hydroxyl groups is 1. The van der Waals surface area contributed by atoms with Crippen LogP contribution >= 0.6 is 0 Å². The summed E-state index contributed by atoms with van der Waals surface area (Å²) in [5.74, 6) is -0.575. The van der Waals surface area contributed by atoms with E-state index in [0.717, 1.165) is 12.0 Å². The number of carbonyl (C=O) groups is 1. The van der Waals surface area contributed by atoms with Crippen LogP contribution < -0.4 is 0 Å². The molecule has 5 heteroatoms. The largest absolute Gasteiger partial charge is 0.391 e. The topological polar surface area (TPSA) is 53.4 Å². The molecule has 1 amide bonds. The molecule has 0 radical (unpaired) electrons. The van der Waals surface area contributed by atoms with Crippen LogP contribution in [0.3, 0.4) is 0 Å². The van der Waals surface area contributed by atoms with Crippen molar-refractivity contribution in [3.05, 3.63) is 65.2 Å². The number of hydrogen-bond donors (Lipinski definition) is 1. The molecule has 1 N–H and O–H groups in total. The zero-order valence-electron chi connectivity index (χ0n) is 12.9. The minimum absolute atomic E-state index is 0.230. The first-order chi connectivity index (χ1) is 11.1. The lowest BCUT2D eigenvalue weighted by Crippen LogP contribution is -2.32. The van der Waals surface area contributed by atoms with E-state index in [2.05, 4.69) is 4.98 Å². The van der Waals surface area contributed by atoms with Crippen molar-refractivity contribution in [3.8, 4) is 0 Å². The van der Waals surface area contributed by atoms with E-state index in [1.165, 1.54) is 12.1 Å². The second-order valence-electron chi connectivity index (χ2n) is 5.82. The van der Waals surface area contributed by atoms with Crippen LogP contribution in [-0.4, -0.2) is 33.5 Å². The average molecular weight is 314 g/mol. The molecule has 1 aromatic carbocycles.